The van der Waals surface area contributed by atoms with Crippen LogP contribution in [0.3, 0.4) is 0 Å². The quantitative estimate of drug-likeness (QED) is 0.392. The number of ether oxygens (including phenoxy) is 1. The highest BCUT2D eigenvalue weighted by Gasteiger charge is 2.43. The van der Waals surface area contributed by atoms with Crippen LogP contribution in [-0.2, 0) is 0 Å². The highest BCUT2D eigenvalue weighted by Crippen LogP contribution is 2.41. The van der Waals surface area contributed by atoms with Crippen molar-refractivity contribution in [3.8, 4) is 5.75 Å². The lowest BCUT2D eigenvalue weighted by atomic mass is 9.98. The molecule has 6 heteroatoms. The van der Waals surface area contributed by atoms with Crippen LogP contribution in [0.4, 0.5) is 5.69 Å². The van der Waals surface area contributed by atoms with Gasteiger partial charge in [0.2, 0.25) is 5.76 Å². The van der Waals surface area contributed by atoms with E-state index in [0.717, 1.165) is 16.9 Å². The molecule has 0 aliphatic carbocycles. The van der Waals surface area contributed by atoms with Gasteiger partial charge in [0.05, 0.1) is 23.6 Å². The minimum Gasteiger partial charge on any atom is -0.494 e. The second-order valence-corrected chi connectivity index (χ2v) is 8.17. The van der Waals surface area contributed by atoms with E-state index in [0.29, 0.717) is 33.8 Å². The third kappa shape index (κ3) is 3.26. The van der Waals surface area contributed by atoms with Crippen LogP contribution in [0.2, 0.25) is 5.02 Å². The molecule has 0 bridgehead atoms. The average Bonchev–Trinajstić information content (AvgIpc) is 3.08. The predicted molar refractivity (Wildman–Crippen MR) is 125 cm³/mol. The molecule has 1 aliphatic heterocycles. The van der Waals surface area contributed by atoms with E-state index in [9.17, 15) is 9.59 Å². The molecule has 0 saturated heterocycles. The lowest BCUT2D eigenvalue weighted by Gasteiger charge is -2.25. The van der Waals surface area contributed by atoms with Crippen LogP contribution < -0.4 is 15.1 Å². The minimum absolute atomic E-state index is 0.0595. The van der Waals surface area contributed by atoms with Crippen molar-refractivity contribution in [2.75, 3.05) is 11.5 Å². The molecule has 4 aromatic rings. The standard InChI is InChI=1S/C26H20ClNO4/c1-3-31-19-11-6-16(7-12-19)23-22-24(29)20-14-17(27)8-13-21(20)32-25(22)26(30)28(23)18-9-4-15(2)5-10-18/h4-14,23H,3H2,1-2H3. The van der Waals surface area contributed by atoms with Gasteiger partial charge in [0.25, 0.3) is 5.91 Å². The van der Waals surface area contributed by atoms with Crippen molar-refractivity contribution in [2.45, 2.75) is 19.9 Å². The highest BCUT2D eigenvalue weighted by atomic mass is 35.5. The molecule has 0 radical (unpaired) electrons. The lowest BCUT2D eigenvalue weighted by Crippen LogP contribution is -2.29. The summed E-state index contributed by atoms with van der Waals surface area (Å²) in [6, 6.07) is 19.3. The zero-order valence-electron chi connectivity index (χ0n) is 17.6. The number of anilines is 1. The first kappa shape index (κ1) is 20.3. The second-order valence-electron chi connectivity index (χ2n) is 7.73. The maximum absolute atomic E-state index is 13.6. The summed E-state index contributed by atoms with van der Waals surface area (Å²) in [4.78, 5) is 28.7. The summed E-state index contributed by atoms with van der Waals surface area (Å²) in [5, 5.41) is 0.785. The Kier molecular flexibility index (Phi) is 4.98. The molecule has 0 spiro atoms. The molecule has 0 fully saturated rings. The summed E-state index contributed by atoms with van der Waals surface area (Å²) >= 11 is 6.14. The summed E-state index contributed by atoms with van der Waals surface area (Å²) in [6.45, 7) is 4.45. The summed E-state index contributed by atoms with van der Waals surface area (Å²) in [5.74, 6) is 0.431. The number of halogens is 1. The van der Waals surface area contributed by atoms with Crippen molar-refractivity contribution in [2.24, 2.45) is 0 Å². The zero-order chi connectivity index (χ0) is 22.4. The molecule has 3 aromatic carbocycles. The lowest BCUT2D eigenvalue weighted by molar-refractivity contribution is 0.0971. The van der Waals surface area contributed by atoms with Crippen molar-refractivity contribution >= 4 is 34.2 Å². The van der Waals surface area contributed by atoms with E-state index < -0.39 is 6.04 Å². The van der Waals surface area contributed by atoms with Gasteiger partial charge in [-0.25, -0.2) is 0 Å². The fourth-order valence-electron chi connectivity index (χ4n) is 4.15. The molecule has 160 valence electrons. The predicted octanol–water partition coefficient (Wildman–Crippen LogP) is 5.90. The molecule has 32 heavy (non-hydrogen) atoms. The van der Waals surface area contributed by atoms with Gasteiger partial charge in [-0.1, -0.05) is 41.4 Å². The summed E-state index contributed by atoms with van der Waals surface area (Å²) in [6.07, 6.45) is 0. The second kappa shape index (κ2) is 7.84. The van der Waals surface area contributed by atoms with Gasteiger partial charge in [-0.2, -0.15) is 0 Å². The maximum atomic E-state index is 13.6. The number of hydrogen-bond donors (Lipinski definition) is 0. The molecule has 2 heterocycles. The summed E-state index contributed by atoms with van der Waals surface area (Å²) < 4.78 is 11.5. The minimum atomic E-state index is -0.629. The van der Waals surface area contributed by atoms with Crippen LogP contribution in [-0.4, -0.2) is 12.5 Å². The fourth-order valence-corrected chi connectivity index (χ4v) is 4.32. The molecule has 1 amide bonds. The van der Waals surface area contributed by atoms with E-state index in [1.165, 1.54) is 0 Å². The van der Waals surface area contributed by atoms with Crippen LogP contribution in [0, 0.1) is 6.92 Å². The van der Waals surface area contributed by atoms with Gasteiger partial charge in [0.15, 0.2) is 5.43 Å². The molecule has 0 N–H and O–H groups in total. The van der Waals surface area contributed by atoms with E-state index >= 15 is 0 Å². The number of aryl methyl sites for hydroxylation is 1. The summed E-state index contributed by atoms with van der Waals surface area (Å²) in [5.41, 5.74) is 2.94. The van der Waals surface area contributed by atoms with Gasteiger partial charge in [0.1, 0.15) is 11.3 Å². The smallest absolute Gasteiger partial charge is 0.295 e. The first-order valence-corrected chi connectivity index (χ1v) is 10.7. The van der Waals surface area contributed by atoms with Crippen molar-refractivity contribution in [3.63, 3.8) is 0 Å². The van der Waals surface area contributed by atoms with Crippen LogP contribution in [0.5, 0.6) is 5.75 Å². The number of benzene rings is 3. The van der Waals surface area contributed by atoms with Crippen LogP contribution in [0.15, 0.2) is 75.9 Å². The van der Waals surface area contributed by atoms with E-state index in [4.69, 9.17) is 20.8 Å². The van der Waals surface area contributed by atoms with Crippen LogP contribution >= 0.6 is 11.6 Å². The van der Waals surface area contributed by atoms with Crippen molar-refractivity contribution in [1.29, 1.82) is 0 Å². The number of carbonyl (C=O) groups is 1. The first-order chi connectivity index (χ1) is 15.5. The molecular formula is C26H20ClNO4. The molecule has 1 aliphatic rings. The van der Waals surface area contributed by atoms with Gasteiger partial charge >= 0.3 is 0 Å². The van der Waals surface area contributed by atoms with Gasteiger partial charge < -0.3 is 9.15 Å². The van der Waals surface area contributed by atoms with Crippen molar-refractivity contribution in [3.05, 3.63) is 104 Å². The molecular weight excluding hydrogens is 426 g/mol. The topological polar surface area (TPSA) is 59.8 Å². The van der Waals surface area contributed by atoms with E-state index in [2.05, 4.69) is 0 Å². The number of amides is 1. The number of carbonyl (C=O) groups excluding carboxylic acids is 1. The summed E-state index contributed by atoms with van der Waals surface area (Å²) in [7, 11) is 0. The van der Waals surface area contributed by atoms with Crippen molar-refractivity contribution < 1.29 is 13.9 Å². The van der Waals surface area contributed by atoms with Crippen LogP contribution in [0.1, 0.15) is 40.2 Å². The van der Waals surface area contributed by atoms with Gasteiger partial charge in [-0.05, 0) is 61.9 Å². The Hall–Kier alpha value is -3.57. The Labute approximate surface area is 189 Å². The molecule has 0 saturated carbocycles. The Balaban J connectivity index is 1.76. The van der Waals surface area contributed by atoms with E-state index in [1.54, 1.807) is 23.1 Å². The Morgan fingerprint density at radius 3 is 2.41 bits per heavy atom. The van der Waals surface area contributed by atoms with Gasteiger partial charge in [-0.15, -0.1) is 0 Å². The van der Waals surface area contributed by atoms with E-state index in [1.807, 2.05) is 62.4 Å². The number of fused-ring (bicyclic) bond motifs is 2. The van der Waals surface area contributed by atoms with E-state index in [-0.39, 0.29) is 17.1 Å². The zero-order valence-corrected chi connectivity index (χ0v) is 18.3. The Morgan fingerprint density at radius 2 is 1.72 bits per heavy atom. The molecule has 1 unspecified atom stereocenters. The number of hydrogen-bond acceptors (Lipinski definition) is 4. The molecule has 1 atom stereocenters. The normalized spacial score (nSPS) is 15.3. The average molecular weight is 446 g/mol. The third-order valence-electron chi connectivity index (χ3n) is 5.65. The SMILES string of the molecule is CCOc1ccc(C2c3c(oc4ccc(Cl)cc4c3=O)C(=O)N2c2ccc(C)cc2)cc1. The van der Waals surface area contributed by atoms with Gasteiger partial charge in [-0.3, -0.25) is 14.5 Å². The Bertz CT molecular complexity index is 1390. The van der Waals surface area contributed by atoms with Gasteiger partial charge in [0, 0.05) is 10.7 Å². The van der Waals surface area contributed by atoms with Crippen LogP contribution in [0.25, 0.3) is 11.0 Å². The third-order valence-corrected chi connectivity index (χ3v) is 5.89. The fraction of sp³-hybridized carbons (Fsp3) is 0.154. The number of nitrogens with zero attached hydrogens (tertiary/aromatic N) is 1. The largest absolute Gasteiger partial charge is 0.494 e. The molecule has 5 rings (SSSR count). The maximum Gasteiger partial charge on any atom is 0.295 e. The first-order valence-electron chi connectivity index (χ1n) is 10.4. The number of rotatable bonds is 4. The monoisotopic (exact) mass is 445 g/mol. The Morgan fingerprint density at radius 1 is 1.00 bits per heavy atom. The van der Waals surface area contributed by atoms with Crippen molar-refractivity contribution in [1.82, 2.24) is 0 Å². The molecule has 1 aromatic heterocycles. The molecule has 5 nitrogen and oxygen atoms in total. The highest BCUT2D eigenvalue weighted by molar-refractivity contribution is 6.31.